The Bertz CT molecular complexity index is 2010. The van der Waals surface area contributed by atoms with Gasteiger partial charge in [0.25, 0.3) is 0 Å². The highest BCUT2D eigenvalue weighted by atomic mass is 19.4. The molecule has 3 aromatic rings. The predicted molar refractivity (Wildman–Crippen MR) is 222 cm³/mol. The summed E-state index contributed by atoms with van der Waals surface area (Å²) in [6, 6.07) is 7.65. The van der Waals surface area contributed by atoms with Crippen molar-refractivity contribution in [1.82, 2.24) is 0 Å². The van der Waals surface area contributed by atoms with Crippen LogP contribution in [0.2, 0.25) is 0 Å². The van der Waals surface area contributed by atoms with Crippen LogP contribution in [-0.2, 0) is 17.0 Å². The number of halogens is 9. The average molecular weight is 849 g/mol. The number of rotatable bonds is 18. The monoisotopic (exact) mass is 848 g/mol. The van der Waals surface area contributed by atoms with Crippen LogP contribution >= 0.6 is 0 Å². The van der Waals surface area contributed by atoms with Gasteiger partial charge in [0.05, 0.1) is 23.0 Å². The van der Waals surface area contributed by atoms with Crippen molar-refractivity contribution in [2.75, 3.05) is 29.4 Å². The second-order valence-electron chi connectivity index (χ2n) is 15.3. The standard InChI is InChI=1S/C47H53F9N2O2/c1-10-24-43(17-8)31-35(14-5)58(27-13-4)38-29-34(20-23-40(38)60-43)44(46(51,52)53,47(54,55)56)33-19-22-39(37(28-33)57(25-11-2)26-12-3)59-41-30-32(42(9,15-6)16-7)18-21-36(41)45(48,49)50/h10-14,18-23,28-30,35H,1-5,15-17,24-27,31H2,6-9H3. The van der Waals surface area contributed by atoms with Gasteiger partial charge in [0.2, 0.25) is 5.41 Å². The quantitative estimate of drug-likeness (QED) is 0.0940. The van der Waals surface area contributed by atoms with E-state index in [4.69, 9.17) is 9.47 Å². The van der Waals surface area contributed by atoms with Gasteiger partial charge in [-0.2, -0.15) is 39.5 Å². The minimum Gasteiger partial charge on any atom is -0.485 e. The molecular formula is C47H53F9N2O2. The predicted octanol–water partition coefficient (Wildman–Crippen LogP) is 14.2. The molecule has 0 N–H and O–H groups in total. The van der Waals surface area contributed by atoms with Crippen LogP contribution in [0.5, 0.6) is 17.2 Å². The van der Waals surface area contributed by atoms with Crippen LogP contribution in [0.25, 0.3) is 0 Å². The first kappa shape index (κ1) is 47.6. The van der Waals surface area contributed by atoms with Crippen molar-refractivity contribution < 1.29 is 49.0 Å². The topological polar surface area (TPSA) is 24.9 Å². The molecule has 0 aromatic heterocycles. The fourth-order valence-corrected chi connectivity index (χ4v) is 7.98. The summed E-state index contributed by atoms with van der Waals surface area (Å²) in [5.41, 5.74) is -9.63. The lowest BCUT2D eigenvalue weighted by Crippen LogP contribution is -2.55. The number of alkyl halides is 9. The normalized spacial score (nSPS) is 17.5. The fraction of sp³-hybridized carbons (Fsp3) is 0.404. The van der Waals surface area contributed by atoms with Gasteiger partial charge in [-0.3, -0.25) is 0 Å². The average Bonchev–Trinajstić information content (AvgIpc) is 3.31. The van der Waals surface area contributed by atoms with Gasteiger partial charge in [-0.05, 0) is 77.8 Å². The summed E-state index contributed by atoms with van der Waals surface area (Å²) in [6.45, 7) is 26.1. The molecule has 0 fully saturated rings. The highest BCUT2D eigenvalue weighted by molar-refractivity contribution is 5.68. The molecule has 2 atom stereocenters. The molecular weight excluding hydrogens is 796 g/mol. The van der Waals surface area contributed by atoms with Crippen molar-refractivity contribution in [3.8, 4) is 17.2 Å². The van der Waals surface area contributed by atoms with E-state index in [0.717, 1.165) is 30.3 Å². The maximum absolute atomic E-state index is 15.9. The third-order valence-corrected chi connectivity index (χ3v) is 11.8. The number of nitrogens with zero attached hydrogens (tertiary/aromatic N) is 2. The van der Waals surface area contributed by atoms with Crippen molar-refractivity contribution in [3.63, 3.8) is 0 Å². The summed E-state index contributed by atoms with van der Waals surface area (Å²) >= 11 is 0. The van der Waals surface area contributed by atoms with E-state index < -0.39 is 69.2 Å². The Hall–Kier alpha value is -5.07. The summed E-state index contributed by atoms with van der Waals surface area (Å²) in [4.78, 5) is 2.91. The van der Waals surface area contributed by atoms with Crippen molar-refractivity contribution in [2.24, 2.45) is 0 Å². The summed E-state index contributed by atoms with van der Waals surface area (Å²) < 4.78 is 151. The van der Waals surface area contributed by atoms with E-state index >= 15 is 26.3 Å². The second kappa shape index (κ2) is 18.3. The fourth-order valence-electron chi connectivity index (χ4n) is 7.98. The molecule has 326 valence electrons. The largest absolute Gasteiger partial charge is 0.485 e. The van der Waals surface area contributed by atoms with Crippen LogP contribution in [0, 0.1) is 0 Å². The summed E-state index contributed by atoms with van der Waals surface area (Å²) in [6.07, 6.45) is -7.42. The maximum atomic E-state index is 15.9. The maximum Gasteiger partial charge on any atom is 0.419 e. The zero-order valence-electron chi connectivity index (χ0n) is 34.5. The SMILES string of the molecule is C=CCN(CC=C)c1cc(C(c2ccc3c(c2)N(CC=C)C(C=C)CC(CC)(CC=C)O3)(C(F)(F)F)C(F)(F)F)ccc1Oc1cc(C(C)(CC)CC)ccc1C(F)(F)F. The van der Waals surface area contributed by atoms with E-state index in [2.05, 4.69) is 32.9 Å². The number of anilines is 2. The lowest BCUT2D eigenvalue weighted by molar-refractivity contribution is -0.288. The molecule has 1 aliphatic rings. The molecule has 0 saturated carbocycles. The van der Waals surface area contributed by atoms with Crippen molar-refractivity contribution in [1.29, 1.82) is 0 Å². The number of fused-ring (bicyclic) bond motifs is 1. The summed E-state index contributed by atoms with van der Waals surface area (Å²) in [5.74, 6) is -1.02. The van der Waals surface area contributed by atoms with Crippen LogP contribution in [-0.4, -0.2) is 43.6 Å². The minimum atomic E-state index is -6.02. The molecule has 0 bridgehead atoms. The lowest BCUT2D eigenvalue weighted by atomic mass is 9.72. The Kier molecular flexibility index (Phi) is 14.5. The Morgan fingerprint density at radius 3 is 1.83 bits per heavy atom. The van der Waals surface area contributed by atoms with Crippen LogP contribution in [0.4, 0.5) is 50.9 Å². The molecule has 60 heavy (non-hydrogen) atoms. The van der Waals surface area contributed by atoms with Gasteiger partial charge in [0.1, 0.15) is 17.1 Å². The van der Waals surface area contributed by atoms with Gasteiger partial charge in [-0.1, -0.05) is 76.3 Å². The van der Waals surface area contributed by atoms with Crippen molar-refractivity contribution in [2.45, 2.75) is 101 Å². The molecule has 2 unspecified atom stereocenters. The van der Waals surface area contributed by atoms with Gasteiger partial charge in [-0.25, -0.2) is 0 Å². The number of hydrogen-bond donors (Lipinski definition) is 0. The van der Waals surface area contributed by atoms with Gasteiger partial charge in [-0.15, -0.1) is 32.9 Å². The van der Waals surface area contributed by atoms with E-state index in [-0.39, 0.29) is 36.8 Å². The van der Waals surface area contributed by atoms with E-state index in [1.54, 1.807) is 17.1 Å². The van der Waals surface area contributed by atoms with E-state index in [1.807, 2.05) is 27.7 Å². The lowest BCUT2D eigenvalue weighted by Gasteiger charge is -2.40. The smallest absolute Gasteiger partial charge is 0.419 e. The Morgan fingerprint density at radius 1 is 0.750 bits per heavy atom. The molecule has 0 spiro atoms. The third kappa shape index (κ3) is 9.00. The van der Waals surface area contributed by atoms with E-state index in [9.17, 15) is 13.2 Å². The second-order valence-corrected chi connectivity index (χ2v) is 15.3. The summed E-state index contributed by atoms with van der Waals surface area (Å²) in [7, 11) is 0. The Labute approximate surface area is 347 Å². The number of hydrogen-bond acceptors (Lipinski definition) is 4. The highest BCUT2D eigenvalue weighted by Crippen LogP contribution is 2.59. The van der Waals surface area contributed by atoms with Crippen molar-refractivity contribution >= 4 is 11.4 Å². The first-order valence-electron chi connectivity index (χ1n) is 19.7. The highest BCUT2D eigenvalue weighted by Gasteiger charge is 2.73. The Morgan fingerprint density at radius 2 is 1.33 bits per heavy atom. The number of benzene rings is 3. The zero-order valence-corrected chi connectivity index (χ0v) is 34.5. The Balaban J connectivity index is 2.12. The molecule has 13 heteroatoms. The van der Waals surface area contributed by atoms with Crippen LogP contribution in [0.3, 0.4) is 0 Å². The molecule has 0 saturated heterocycles. The van der Waals surface area contributed by atoms with Crippen LogP contribution in [0.15, 0.2) is 118 Å². The minimum absolute atomic E-state index is 0.0282. The summed E-state index contributed by atoms with van der Waals surface area (Å²) in [5, 5.41) is 0. The van der Waals surface area contributed by atoms with Gasteiger partial charge >= 0.3 is 18.5 Å². The molecule has 4 rings (SSSR count). The first-order chi connectivity index (χ1) is 28.1. The van der Waals surface area contributed by atoms with Gasteiger partial charge in [0.15, 0.2) is 5.75 Å². The molecule has 0 radical (unpaired) electrons. The van der Waals surface area contributed by atoms with Gasteiger partial charge in [0, 0.05) is 32.5 Å². The van der Waals surface area contributed by atoms with Gasteiger partial charge < -0.3 is 19.3 Å². The molecule has 1 heterocycles. The van der Waals surface area contributed by atoms with Crippen LogP contribution < -0.4 is 19.3 Å². The van der Waals surface area contributed by atoms with Crippen LogP contribution in [0.1, 0.15) is 82.1 Å². The molecule has 3 aromatic carbocycles. The molecule has 1 aliphatic heterocycles. The van der Waals surface area contributed by atoms with E-state index in [0.29, 0.717) is 49.8 Å². The zero-order chi connectivity index (χ0) is 44.9. The number of ether oxygens (including phenoxy) is 2. The molecule has 0 aliphatic carbocycles. The first-order valence-corrected chi connectivity index (χ1v) is 19.7. The van der Waals surface area contributed by atoms with E-state index in [1.165, 1.54) is 35.3 Å². The third-order valence-electron chi connectivity index (χ3n) is 11.8. The van der Waals surface area contributed by atoms with Crippen molar-refractivity contribution in [3.05, 3.63) is 140 Å². The molecule has 0 amide bonds. The molecule has 4 nitrogen and oxygen atoms in total.